The second kappa shape index (κ2) is 7.43. The molecule has 0 saturated carbocycles. The lowest BCUT2D eigenvalue weighted by atomic mass is 10.1. The van der Waals surface area contributed by atoms with Crippen molar-refractivity contribution in [2.24, 2.45) is 0 Å². The second-order valence-corrected chi connectivity index (χ2v) is 7.65. The molecule has 0 atom stereocenters. The first-order valence-corrected chi connectivity index (χ1v) is 9.61. The summed E-state index contributed by atoms with van der Waals surface area (Å²) < 4.78 is 46.2. The molecule has 0 aromatic heterocycles. The van der Waals surface area contributed by atoms with Crippen molar-refractivity contribution in [3.63, 3.8) is 0 Å². The fourth-order valence-electron chi connectivity index (χ4n) is 2.74. The van der Waals surface area contributed by atoms with Crippen molar-refractivity contribution < 1.29 is 22.3 Å². The first-order valence-electron chi connectivity index (χ1n) is 8.13. The molecule has 138 valence electrons. The van der Waals surface area contributed by atoms with Crippen LogP contribution in [0.1, 0.15) is 15.9 Å². The van der Waals surface area contributed by atoms with Gasteiger partial charge in [-0.05, 0) is 42.8 Å². The largest absolute Gasteiger partial charge is 0.378 e. The quantitative estimate of drug-likeness (QED) is 0.887. The molecule has 1 aliphatic rings. The Morgan fingerprint density at radius 1 is 1.15 bits per heavy atom. The van der Waals surface area contributed by atoms with Gasteiger partial charge in [-0.3, -0.25) is 9.52 Å². The fourth-order valence-corrected chi connectivity index (χ4v) is 4.05. The highest BCUT2D eigenvalue weighted by atomic mass is 32.2. The number of anilines is 1. The minimum atomic E-state index is -3.97. The maximum absolute atomic E-state index is 13.4. The number of hydrogen-bond acceptors (Lipinski definition) is 4. The Balaban J connectivity index is 1.84. The van der Waals surface area contributed by atoms with Crippen LogP contribution in [0.25, 0.3) is 0 Å². The van der Waals surface area contributed by atoms with Gasteiger partial charge in [0.25, 0.3) is 15.9 Å². The van der Waals surface area contributed by atoms with E-state index in [1.807, 2.05) is 0 Å². The Hall–Kier alpha value is -2.45. The summed E-state index contributed by atoms with van der Waals surface area (Å²) in [6, 6.07) is 9.83. The zero-order valence-electron chi connectivity index (χ0n) is 14.2. The van der Waals surface area contributed by atoms with Crippen LogP contribution in [0, 0.1) is 12.7 Å². The SMILES string of the molecule is Cc1ccc(F)cc1S(=O)(=O)Nc1cccc(C(=O)N2CCOCC2)c1. The Kier molecular flexibility index (Phi) is 5.24. The Morgan fingerprint density at radius 3 is 2.62 bits per heavy atom. The molecule has 0 spiro atoms. The lowest BCUT2D eigenvalue weighted by Crippen LogP contribution is -2.40. The highest BCUT2D eigenvalue weighted by Crippen LogP contribution is 2.21. The molecule has 0 bridgehead atoms. The van der Waals surface area contributed by atoms with Crippen LogP contribution in [0.2, 0.25) is 0 Å². The maximum atomic E-state index is 13.4. The summed E-state index contributed by atoms with van der Waals surface area (Å²) in [5.41, 5.74) is 1.05. The van der Waals surface area contributed by atoms with Crippen LogP contribution in [-0.2, 0) is 14.8 Å². The van der Waals surface area contributed by atoms with Crippen LogP contribution in [0.4, 0.5) is 10.1 Å². The van der Waals surface area contributed by atoms with Gasteiger partial charge in [-0.2, -0.15) is 0 Å². The van der Waals surface area contributed by atoms with Gasteiger partial charge in [0.15, 0.2) is 0 Å². The number of halogens is 1. The van der Waals surface area contributed by atoms with E-state index >= 15 is 0 Å². The van der Waals surface area contributed by atoms with E-state index in [-0.39, 0.29) is 16.5 Å². The molecular formula is C18H19FN2O4S. The number of nitrogens with one attached hydrogen (secondary N) is 1. The molecule has 1 saturated heterocycles. The smallest absolute Gasteiger partial charge is 0.262 e. The maximum Gasteiger partial charge on any atom is 0.262 e. The van der Waals surface area contributed by atoms with E-state index in [0.29, 0.717) is 37.4 Å². The number of aryl methyl sites for hydroxylation is 1. The van der Waals surface area contributed by atoms with E-state index in [2.05, 4.69) is 4.72 Å². The highest BCUT2D eigenvalue weighted by Gasteiger charge is 2.21. The van der Waals surface area contributed by atoms with Gasteiger partial charge in [0.05, 0.1) is 18.1 Å². The van der Waals surface area contributed by atoms with Gasteiger partial charge in [0, 0.05) is 24.3 Å². The fraction of sp³-hybridized carbons (Fsp3) is 0.278. The number of hydrogen-bond donors (Lipinski definition) is 1. The van der Waals surface area contributed by atoms with E-state index in [0.717, 1.165) is 6.07 Å². The number of morpholine rings is 1. The van der Waals surface area contributed by atoms with E-state index < -0.39 is 15.8 Å². The summed E-state index contributed by atoms with van der Waals surface area (Å²) >= 11 is 0. The Bertz CT molecular complexity index is 925. The third-order valence-corrected chi connectivity index (χ3v) is 5.62. The van der Waals surface area contributed by atoms with Crippen LogP contribution < -0.4 is 4.72 Å². The molecule has 6 nitrogen and oxygen atoms in total. The van der Waals surface area contributed by atoms with E-state index in [9.17, 15) is 17.6 Å². The molecule has 8 heteroatoms. The van der Waals surface area contributed by atoms with Gasteiger partial charge in [-0.1, -0.05) is 12.1 Å². The van der Waals surface area contributed by atoms with Crippen molar-refractivity contribution >= 4 is 21.6 Å². The molecule has 1 aliphatic heterocycles. The summed E-state index contributed by atoms with van der Waals surface area (Å²) in [6.45, 7) is 3.55. The average Bonchev–Trinajstić information content (AvgIpc) is 2.63. The van der Waals surface area contributed by atoms with E-state index in [1.165, 1.54) is 18.2 Å². The number of carbonyl (C=O) groups is 1. The molecule has 0 radical (unpaired) electrons. The number of benzene rings is 2. The van der Waals surface area contributed by atoms with Gasteiger partial charge in [-0.15, -0.1) is 0 Å². The van der Waals surface area contributed by atoms with Crippen molar-refractivity contribution in [3.05, 3.63) is 59.4 Å². The molecule has 3 rings (SSSR count). The van der Waals surface area contributed by atoms with Crippen molar-refractivity contribution in [1.29, 1.82) is 0 Å². The highest BCUT2D eigenvalue weighted by molar-refractivity contribution is 7.92. The topological polar surface area (TPSA) is 75.7 Å². The predicted octanol–water partition coefficient (Wildman–Crippen LogP) is 2.41. The Labute approximate surface area is 151 Å². The first-order chi connectivity index (χ1) is 12.4. The van der Waals surface area contributed by atoms with E-state index in [4.69, 9.17) is 4.74 Å². The molecule has 0 aliphatic carbocycles. The normalized spacial score (nSPS) is 14.9. The molecule has 1 fully saturated rings. The number of sulfonamides is 1. The summed E-state index contributed by atoms with van der Waals surface area (Å²) in [4.78, 5) is 14.1. The van der Waals surface area contributed by atoms with Crippen molar-refractivity contribution in [2.45, 2.75) is 11.8 Å². The lowest BCUT2D eigenvalue weighted by molar-refractivity contribution is 0.0303. The number of carbonyl (C=O) groups excluding carboxylic acids is 1. The number of ether oxygens (including phenoxy) is 1. The summed E-state index contributed by atoms with van der Waals surface area (Å²) in [6.07, 6.45) is 0. The van der Waals surface area contributed by atoms with Gasteiger partial charge in [-0.25, -0.2) is 12.8 Å². The standard InChI is InChI=1S/C18H19FN2O4S/c1-13-5-6-15(19)12-17(13)26(23,24)20-16-4-2-3-14(11-16)18(22)21-7-9-25-10-8-21/h2-6,11-12,20H,7-10H2,1H3. The third kappa shape index (κ3) is 4.03. The summed E-state index contributed by atoms with van der Waals surface area (Å²) in [7, 11) is -3.97. The second-order valence-electron chi connectivity index (χ2n) is 6.00. The predicted molar refractivity (Wildman–Crippen MR) is 95.1 cm³/mol. The molecule has 1 amide bonds. The van der Waals surface area contributed by atoms with Gasteiger partial charge in [0.2, 0.25) is 0 Å². The first kappa shape index (κ1) is 18.3. The van der Waals surface area contributed by atoms with Crippen molar-refractivity contribution in [1.82, 2.24) is 4.90 Å². The molecule has 1 N–H and O–H groups in total. The monoisotopic (exact) mass is 378 g/mol. The zero-order valence-corrected chi connectivity index (χ0v) is 15.1. The molecular weight excluding hydrogens is 359 g/mol. The van der Waals surface area contributed by atoms with Gasteiger partial charge in [0.1, 0.15) is 5.82 Å². The number of rotatable bonds is 4. The van der Waals surface area contributed by atoms with Gasteiger partial charge >= 0.3 is 0 Å². The minimum Gasteiger partial charge on any atom is -0.378 e. The van der Waals surface area contributed by atoms with Crippen molar-refractivity contribution in [2.75, 3.05) is 31.0 Å². The van der Waals surface area contributed by atoms with Crippen molar-refractivity contribution in [3.8, 4) is 0 Å². The molecule has 1 heterocycles. The third-order valence-electron chi connectivity index (χ3n) is 4.10. The van der Waals surface area contributed by atoms with Crippen LogP contribution in [-0.4, -0.2) is 45.5 Å². The minimum absolute atomic E-state index is 0.137. The number of nitrogens with zero attached hydrogens (tertiary/aromatic N) is 1. The molecule has 2 aromatic rings. The average molecular weight is 378 g/mol. The molecule has 26 heavy (non-hydrogen) atoms. The molecule has 0 unspecified atom stereocenters. The van der Waals surface area contributed by atoms with Crippen LogP contribution >= 0.6 is 0 Å². The van der Waals surface area contributed by atoms with Crippen LogP contribution in [0.5, 0.6) is 0 Å². The summed E-state index contributed by atoms with van der Waals surface area (Å²) in [5.74, 6) is -0.816. The van der Waals surface area contributed by atoms with Gasteiger partial charge < -0.3 is 9.64 Å². The van der Waals surface area contributed by atoms with Crippen LogP contribution in [0.15, 0.2) is 47.4 Å². The lowest BCUT2D eigenvalue weighted by Gasteiger charge is -2.27. The zero-order chi connectivity index (χ0) is 18.7. The number of amides is 1. The van der Waals surface area contributed by atoms with Crippen LogP contribution in [0.3, 0.4) is 0 Å². The summed E-state index contributed by atoms with van der Waals surface area (Å²) in [5, 5.41) is 0. The Morgan fingerprint density at radius 2 is 1.88 bits per heavy atom. The molecule has 2 aromatic carbocycles. The van der Waals surface area contributed by atoms with E-state index in [1.54, 1.807) is 30.0 Å².